The predicted octanol–water partition coefficient (Wildman–Crippen LogP) is 3.83. The second-order valence-corrected chi connectivity index (χ2v) is 5.86. The highest BCUT2D eigenvalue weighted by molar-refractivity contribution is 9.10. The molecule has 0 fully saturated rings. The van der Waals surface area contributed by atoms with E-state index >= 15 is 0 Å². The molecule has 0 saturated carbocycles. The van der Waals surface area contributed by atoms with Gasteiger partial charge in [0.1, 0.15) is 0 Å². The molecule has 0 saturated heterocycles. The van der Waals surface area contributed by atoms with Crippen LogP contribution < -0.4 is 0 Å². The Labute approximate surface area is 129 Å². The molecule has 0 spiro atoms. The lowest BCUT2D eigenvalue weighted by Gasteiger charge is -2.27. The summed E-state index contributed by atoms with van der Waals surface area (Å²) in [7, 11) is 0. The summed E-state index contributed by atoms with van der Waals surface area (Å²) in [5.41, 5.74) is 1.15. The number of nitrogens with zero attached hydrogens (tertiary/aromatic N) is 1. The van der Waals surface area contributed by atoms with Gasteiger partial charge in [0.2, 0.25) is 0 Å². The van der Waals surface area contributed by atoms with Crippen molar-refractivity contribution in [2.24, 2.45) is 0 Å². The summed E-state index contributed by atoms with van der Waals surface area (Å²) >= 11 is 9.12. The number of carbonyl (C=O) groups excluding carboxylic acids is 2. The Morgan fingerprint density at radius 3 is 2.45 bits per heavy atom. The van der Waals surface area contributed by atoms with Crippen LogP contribution in [-0.4, -0.2) is 29.1 Å². The highest BCUT2D eigenvalue weighted by Crippen LogP contribution is 2.34. The Hall–Kier alpha value is -1.39. The van der Waals surface area contributed by atoms with Gasteiger partial charge in [-0.2, -0.15) is 0 Å². The fraction of sp³-hybridized carbons (Fsp3) is 0.200. The fourth-order valence-electron chi connectivity index (χ4n) is 2.53. The van der Waals surface area contributed by atoms with E-state index in [9.17, 15) is 9.59 Å². The average molecular weight is 353 g/mol. The van der Waals surface area contributed by atoms with E-state index in [0.29, 0.717) is 30.0 Å². The Morgan fingerprint density at radius 2 is 1.75 bits per heavy atom. The van der Waals surface area contributed by atoms with E-state index in [1.807, 2.05) is 18.2 Å². The van der Waals surface area contributed by atoms with Crippen LogP contribution in [0.4, 0.5) is 0 Å². The van der Waals surface area contributed by atoms with Gasteiger partial charge in [-0.15, -0.1) is 11.6 Å². The third-order valence-corrected chi connectivity index (χ3v) is 4.41. The van der Waals surface area contributed by atoms with Gasteiger partial charge >= 0.3 is 0 Å². The van der Waals surface area contributed by atoms with Gasteiger partial charge < -0.3 is 0 Å². The number of hydrogen-bond donors (Lipinski definition) is 0. The van der Waals surface area contributed by atoms with Crippen LogP contribution in [0.25, 0.3) is 10.8 Å². The molecular formula is C15H11BrClNO2. The number of carbonyl (C=O) groups is 2. The van der Waals surface area contributed by atoms with Gasteiger partial charge in [-0.05, 0) is 30.0 Å². The maximum absolute atomic E-state index is 12.5. The molecule has 1 aliphatic heterocycles. The minimum absolute atomic E-state index is 0.240. The number of rotatable bonds is 3. The zero-order valence-electron chi connectivity index (χ0n) is 10.5. The Bertz CT molecular complexity index is 707. The first-order valence-electron chi connectivity index (χ1n) is 6.28. The van der Waals surface area contributed by atoms with Crippen molar-refractivity contribution < 1.29 is 9.59 Å². The highest BCUT2D eigenvalue weighted by Gasteiger charge is 2.32. The summed E-state index contributed by atoms with van der Waals surface area (Å²) in [5.74, 6) is -0.0540. The zero-order chi connectivity index (χ0) is 14.3. The Kier molecular flexibility index (Phi) is 3.52. The molecule has 0 radical (unpaired) electrons. The number of halogens is 2. The van der Waals surface area contributed by atoms with E-state index in [-0.39, 0.29) is 11.8 Å². The summed E-state index contributed by atoms with van der Waals surface area (Å²) in [5, 5.41) is 1.62. The first kappa shape index (κ1) is 13.6. The van der Waals surface area contributed by atoms with Gasteiger partial charge in [-0.3, -0.25) is 14.5 Å². The molecule has 20 heavy (non-hydrogen) atoms. The molecule has 0 aromatic heterocycles. The van der Waals surface area contributed by atoms with Crippen molar-refractivity contribution in [3.05, 3.63) is 45.9 Å². The molecule has 5 heteroatoms. The summed E-state index contributed by atoms with van der Waals surface area (Å²) < 4.78 is 0.882. The summed E-state index contributed by atoms with van der Waals surface area (Å²) in [6.45, 7) is 0.354. The minimum atomic E-state index is -0.240. The van der Waals surface area contributed by atoms with E-state index < -0.39 is 0 Å². The smallest absolute Gasteiger partial charge is 0.261 e. The maximum Gasteiger partial charge on any atom is 0.261 e. The topological polar surface area (TPSA) is 37.4 Å². The minimum Gasteiger partial charge on any atom is -0.274 e. The van der Waals surface area contributed by atoms with Crippen LogP contribution in [0.15, 0.2) is 34.8 Å². The first-order valence-corrected chi connectivity index (χ1v) is 7.61. The summed E-state index contributed by atoms with van der Waals surface area (Å²) in [6.07, 6.45) is 0.598. The maximum atomic E-state index is 12.5. The number of amides is 2. The molecule has 1 heterocycles. The molecule has 0 atom stereocenters. The van der Waals surface area contributed by atoms with Gasteiger partial charge in [0.05, 0.1) is 0 Å². The van der Waals surface area contributed by atoms with E-state index in [2.05, 4.69) is 15.9 Å². The van der Waals surface area contributed by atoms with Crippen LogP contribution in [-0.2, 0) is 0 Å². The lowest BCUT2D eigenvalue weighted by molar-refractivity contribution is 0.0611. The van der Waals surface area contributed by atoms with Crippen molar-refractivity contribution in [1.82, 2.24) is 4.90 Å². The predicted molar refractivity (Wildman–Crippen MR) is 82.4 cm³/mol. The highest BCUT2D eigenvalue weighted by atomic mass is 79.9. The van der Waals surface area contributed by atoms with Gasteiger partial charge in [-0.25, -0.2) is 0 Å². The third-order valence-electron chi connectivity index (χ3n) is 3.45. The van der Waals surface area contributed by atoms with Crippen molar-refractivity contribution in [2.75, 3.05) is 12.4 Å². The van der Waals surface area contributed by atoms with Gasteiger partial charge in [0.25, 0.3) is 11.8 Å². The van der Waals surface area contributed by atoms with Crippen LogP contribution in [0.2, 0.25) is 0 Å². The van der Waals surface area contributed by atoms with Crippen molar-refractivity contribution in [2.45, 2.75) is 6.42 Å². The number of benzene rings is 2. The molecule has 2 aromatic rings. The molecule has 1 aliphatic rings. The van der Waals surface area contributed by atoms with Crippen molar-refractivity contribution in [1.29, 1.82) is 0 Å². The normalized spacial score (nSPS) is 14.2. The van der Waals surface area contributed by atoms with Crippen LogP contribution >= 0.6 is 27.5 Å². The molecule has 102 valence electrons. The largest absolute Gasteiger partial charge is 0.274 e. The lowest BCUT2D eigenvalue weighted by atomic mass is 9.94. The van der Waals surface area contributed by atoms with E-state index in [1.54, 1.807) is 12.1 Å². The molecule has 0 unspecified atom stereocenters. The van der Waals surface area contributed by atoms with E-state index in [1.165, 1.54) is 4.90 Å². The number of imide groups is 1. The second kappa shape index (κ2) is 5.19. The SMILES string of the molecule is O=C1c2cccc3c(Br)ccc(c23)C(=O)N1CCCCl. The van der Waals surface area contributed by atoms with Crippen LogP contribution in [0.5, 0.6) is 0 Å². The fourth-order valence-corrected chi connectivity index (χ4v) is 3.11. The first-order chi connectivity index (χ1) is 9.65. The molecule has 0 aliphatic carbocycles. The summed E-state index contributed by atoms with van der Waals surface area (Å²) in [6, 6.07) is 9.11. The second-order valence-electron chi connectivity index (χ2n) is 4.63. The zero-order valence-corrected chi connectivity index (χ0v) is 12.9. The van der Waals surface area contributed by atoms with E-state index in [0.717, 1.165) is 15.2 Å². The van der Waals surface area contributed by atoms with Crippen molar-refractivity contribution in [3.63, 3.8) is 0 Å². The third kappa shape index (κ3) is 1.95. The molecule has 0 N–H and O–H groups in total. The quantitative estimate of drug-likeness (QED) is 0.622. The van der Waals surface area contributed by atoms with Crippen LogP contribution in [0.1, 0.15) is 27.1 Å². The van der Waals surface area contributed by atoms with Crippen molar-refractivity contribution in [3.8, 4) is 0 Å². The Morgan fingerprint density at radius 1 is 1.05 bits per heavy atom. The average Bonchev–Trinajstić information content (AvgIpc) is 2.46. The lowest BCUT2D eigenvalue weighted by Crippen LogP contribution is -2.41. The number of hydrogen-bond acceptors (Lipinski definition) is 2. The number of alkyl halides is 1. The molecule has 3 rings (SSSR count). The molecule has 3 nitrogen and oxygen atoms in total. The van der Waals surface area contributed by atoms with Gasteiger partial charge in [0.15, 0.2) is 0 Å². The van der Waals surface area contributed by atoms with Gasteiger partial charge in [-0.1, -0.05) is 28.1 Å². The Balaban J connectivity index is 2.23. The molecule has 2 amide bonds. The molecule has 2 aromatic carbocycles. The van der Waals surface area contributed by atoms with Crippen molar-refractivity contribution >= 4 is 50.1 Å². The van der Waals surface area contributed by atoms with Gasteiger partial charge in [0, 0.05) is 33.4 Å². The van der Waals surface area contributed by atoms with Crippen LogP contribution in [0, 0.1) is 0 Å². The monoisotopic (exact) mass is 351 g/mol. The standard InChI is InChI=1S/C15H11BrClNO2/c16-12-6-5-11-13-9(12)3-1-4-10(13)14(19)18(15(11)20)8-2-7-17/h1,3-6H,2,7-8H2. The molecule has 0 bridgehead atoms. The molecular weight excluding hydrogens is 342 g/mol. The van der Waals surface area contributed by atoms with Crippen LogP contribution in [0.3, 0.4) is 0 Å². The van der Waals surface area contributed by atoms with E-state index in [4.69, 9.17) is 11.6 Å². The summed E-state index contributed by atoms with van der Waals surface area (Å²) in [4.78, 5) is 26.2.